The van der Waals surface area contributed by atoms with Crippen LogP contribution in [0.3, 0.4) is 0 Å². The normalized spacial score (nSPS) is 14.6. The summed E-state index contributed by atoms with van der Waals surface area (Å²) in [6, 6.07) is 17.1. The van der Waals surface area contributed by atoms with Gasteiger partial charge in [0.25, 0.3) is 11.8 Å². The third kappa shape index (κ3) is 6.79. The van der Waals surface area contributed by atoms with Crippen LogP contribution in [0.5, 0.6) is 11.5 Å². The Balaban J connectivity index is 1.48. The minimum Gasteiger partial charge on any atom is -0.490 e. The molecule has 1 saturated heterocycles. The van der Waals surface area contributed by atoms with E-state index in [1.807, 2.05) is 31.2 Å². The number of hydrogen-bond acceptors (Lipinski definition) is 6. The van der Waals surface area contributed by atoms with Crippen LogP contribution in [0, 0.1) is 6.92 Å². The van der Waals surface area contributed by atoms with Gasteiger partial charge in [0, 0.05) is 0 Å². The Morgan fingerprint density at radius 1 is 1.05 bits per heavy atom. The molecule has 3 aromatic carbocycles. The standard InChI is InChI=1S/C28H23F3N2O4S2/c1-3-36-23-14-18(15-24-26(35)33(27(38)39-24)19-8-6-7-17(2)13-19)11-12-22(23)37-16-25(34)32-21-10-5-4-9-20(21)28(29,30)31/h4-15H,3,16H2,1-2H3,(H,32,34)/b24-15-. The second-order valence-electron chi connectivity index (χ2n) is 8.38. The fourth-order valence-electron chi connectivity index (χ4n) is 3.78. The molecule has 3 aromatic rings. The summed E-state index contributed by atoms with van der Waals surface area (Å²) in [5.41, 5.74) is 1.02. The molecule has 1 fully saturated rings. The van der Waals surface area contributed by atoms with Crippen molar-refractivity contribution in [3.8, 4) is 11.5 Å². The number of halogens is 3. The van der Waals surface area contributed by atoms with Crippen molar-refractivity contribution in [3.05, 3.63) is 88.3 Å². The number of rotatable bonds is 8. The van der Waals surface area contributed by atoms with Crippen molar-refractivity contribution in [1.82, 2.24) is 0 Å². The summed E-state index contributed by atoms with van der Waals surface area (Å²) in [5.74, 6) is -0.479. The van der Waals surface area contributed by atoms with Crippen LogP contribution in [0.1, 0.15) is 23.6 Å². The molecule has 39 heavy (non-hydrogen) atoms. The molecule has 0 aliphatic carbocycles. The van der Waals surface area contributed by atoms with Crippen LogP contribution in [0.4, 0.5) is 24.5 Å². The summed E-state index contributed by atoms with van der Waals surface area (Å²) >= 11 is 6.62. The maximum absolute atomic E-state index is 13.2. The van der Waals surface area contributed by atoms with Crippen molar-refractivity contribution in [2.24, 2.45) is 0 Å². The number of aryl methyl sites for hydroxylation is 1. The van der Waals surface area contributed by atoms with E-state index in [0.717, 1.165) is 11.6 Å². The van der Waals surface area contributed by atoms with E-state index in [4.69, 9.17) is 21.7 Å². The van der Waals surface area contributed by atoms with E-state index >= 15 is 0 Å². The number of amides is 2. The van der Waals surface area contributed by atoms with E-state index in [1.54, 1.807) is 31.2 Å². The van der Waals surface area contributed by atoms with Gasteiger partial charge < -0.3 is 14.8 Å². The fourth-order valence-corrected chi connectivity index (χ4v) is 5.08. The lowest BCUT2D eigenvalue weighted by molar-refractivity contribution is -0.137. The smallest absolute Gasteiger partial charge is 0.418 e. The van der Waals surface area contributed by atoms with Gasteiger partial charge >= 0.3 is 6.18 Å². The summed E-state index contributed by atoms with van der Waals surface area (Å²) in [7, 11) is 0. The Labute approximate surface area is 232 Å². The number of carbonyl (C=O) groups excluding carboxylic acids is 2. The van der Waals surface area contributed by atoms with Gasteiger partial charge in [0.2, 0.25) is 0 Å². The molecule has 1 N–H and O–H groups in total. The number of ether oxygens (including phenoxy) is 2. The third-order valence-electron chi connectivity index (χ3n) is 5.48. The van der Waals surface area contributed by atoms with Gasteiger partial charge in [-0.25, -0.2) is 0 Å². The molecule has 1 heterocycles. The van der Waals surface area contributed by atoms with Crippen LogP contribution in [0.15, 0.2) is 71.6 Å². The number of anilines is 2. The molecule has 202 valence electrons. The molecular weight excluding hydrogens is 549 g/mol. The van der Waals surface area contributed by atoms with E-state index in [2.05, 4.69) is 5.32 Å². The first kappa shape index (κ1) is 28.2. The number of thioether (sulfide) groups is 1. The number of thiocarbonyl (C=S) groups is 1. The van der Waals surface area contributed by atoms with Gasteiger partial charge in [-0.2, -0.15) is 13.2 Å². The minimum atomic E-state index is -4.61. The van der Waals surface area contributed by atoms with Crippen molar-refractivity contribution >= 4 is 57.6 Å². The highest BCUT2D eigenvalue weighted by atomic mass is 32.2. The Morgan fingerprint density at radius 3 is 2.54 bits per heavy atom. The molecule has 0 atom stereocenters. The number of hydrogen-bond donors (Lipinski definition) is 1. The van der Waals surface area contributed by atoms with E-state index < -0.39 is 24.3 Å². The number of alkyl halides is 3. The van der Waals surface area contributed by atoms with Crippen molar-refractivity contribution < 1.29 is 32.2 Å². The van der Waals surface area contributed by atoms with Crippen molar-refractivity contribution in [3.63, 3.8) is 0 Å². The van der Waals surface area contributed by atoms with Crippen LogP contribution in [-0.2, 0) is 15.8 Å². The van der Waals surface area contributed by atoms with Gasteiger partial charge in [-0.1, -0.05) is 54.3 Å². The highest BCUT2D eigenvalue weighted by molar-refractivity contribution is 8.27. The second kappa shape index (κ2) is 11.9. The molecule has 1 aliphatic heterocycles. The maximum Gasteiger partial charge on any atom is 0.418 e. The van der Waals surface area contributed by atoms with Crippen LogP contribution in [0.25, 0.3) is 6.08 Å². The second-order valence-corrected chi connectivity index (χ2v) is 10.1. The zero-order valence-corrected chi connectivity index (χ0v) is 22.5. The maximum atomic E-state index is 13.2. The largest absolute Gasteiger partial charge is 0.490 e. The minimum absolute atomic E-state index is 0.223. The van der Waals surface area contributed by atoms with E-state index in [1.165, 1.54) is 34.9 Å². The summed E-state index contributed by atoms with van der Waals surface area (Å²) in [6.45, 7) is 3.45. The molecular formula is C28H23F3N2O4S2. The number of para-hydroxylation sites is 1. The van der Waals surface area contributed by atoms with Gasteiger partial charge in [-0.3, -0.25) is 14.5 Å². The highest BCUT2D eigenvalue weighted by Gasteiger charge is 2.34. The molecule has 0 radical (unpaired) electrons. The molecule has 0 bridgehead atoms. The quantitative estimate of drug-likeness (QED) is 0.236. The molecule has 4 rings (SSSR count). The Morgan fingerprint density at radius 2 is 1.82 bits per heavy atom. The average molecular weight is 573 g/mol. The molecule has 0 spiro atoms. The lowest BCUT2D eigenvalue weighted by Gasteiger charge is -2.15. The monoisotopic (exact) mass is 572 g/mol. The molecule has 0 aromatic heterocycles. The summed E-state index contributed by atoms with van der Waals surface area (Å²) < 4.78 is 51.2. The lowest BCUT2D eigenvalue weighted by atomic mass is 10.1. The topological polar surface area (TPSA) is 67.9 Å². The lowest BCUT2D eigenvalue weighted by Crippen LogP contribution is -2.27. The fraction of sp³-hybridized carbons (Fsp3) is 0.179. The predicted octanol–water partition coefficient (Wildman–Crippen LogP) is 6.84. The van der Waals surface area contributed by atoms with Crippen LogP contribution < -0.4 is 19.7 Å². The van der Waals surface area contributed by atoms with E-state index in [0.29, 0.717) is 32.8 Å². The first-order valence-corrected chi connectivity index (χ1v) is 13.0. The Bertz CT molecular complexity index is 1460. The van der Waals surface area contributed by atoms with Crippen molar-refractivity contribution in [1.29, 1.82) is 0 Å². The SMILES string of the molecule is CCOc1cc(/C=C2\SC(=S)N(c3cccc(C)c3)C2=O)ccc1OCC(=O)Nc1ccccc1C(F)(F)F. The first-order valence-electron chi connectivity index (χ1n) is 11.8. The van der Waals surface area contributed by atoms with Crippen LogP contribution in [0.2, 0.25) is 0 Å². The van der Waals surface area contributed by atoms with Crippen LogP contribution >= 0.6 is 24.0 Å². The van der Waals surface area contributed by atoms with Gasteiger partial charge in [0.15, 0.2) is 22.4 Å². The van der Waals surface area contributed by atoms with E-state index in [9.17, 15) is 22.8 Å². The number of nitrogens with zero attached hydrogens (tertiary/aromatic N) is 1. The average Bonchev–Trinajstić information content (AvgIpc) is 3.15. The molecule has 6 nitrogen and oxygen atoms in total. The van der Waals surface area contributed by atoms with Gasteiger partial charge in [0.05, 0.1) is 28.5 Å². The van der Waals surface area contributed by atoms with Crippen LogP contribution in [-0.4, -0.2) is 29.3 Å². The summed E-state index contributed by atoms with van der Waals surface area (Å²) in [4.78, 5) is 27.4. The number of nitrogens with one attached hydrogen (secondary N) is 1. The van der Waals surface area contributed by atoms with Crippen molar-refractivity contribution in [2.75, 3.05) is 23.4 Å². The zero-order chi connectivity index (χ0) is 28.2. The molecule has 0 unspecified atom stereocenters. The van der Waals surface area contributed by atoms with Gasteiger partial charge in [-0.05, 0) is 67.4 Å². The number of carbonyl (C=O) groups is 2. The molecule has 0 saturated carbocycles. The first-order chi connectivity index (χ1) is 18.6. The Hall–Kier alpha value is -3.83. The van der Waals surface area contributed by atoms with Crippen molar-refractivity contribution in [2.45, 2.75) is 20.0 Å². The third-order valence-corrected chi connectivity index (χ3v) is 6.79. The van der Waals surface area contributed by atoms with E-state index in [-0.39, 0.29) is 17.3 Å². The summed E-state index contributed by atoms with van der Waals surface area (Å²) in [6.07, 6.45) is -2.93. The highest BCUT2D eigenvalue weighted by Crippen LogP contribution is 2.38. The molecule has 1 aliphatic rings. The Kier molecular flexibility index (Phi) is 8.61. The predicted molar refractivity (Wildman–Crippen MR) is 150 cm³/mol. The molecule has 2 amide bonds. The summed E-state index contributed by atoms with van der Waals surface area (Å²) in [5, 5.41) is 2.24. The zero-order valence-electron chi connectivity index (χ0n) is 20.9. The van der Waals surface area contributed by atoms with Gasteiger partial charge in [0.1, 0.15) is 0 Å². The number of benzene rings is 3. The molecule has 11 heteroatoms. The van der Waals surface area contributed by atoms with Gasteiger partial charge in [-0.15, -0.1) is 0 Å².